The smallest absolute Gasteiger partial charge is 0.378 e. The van der Waals surface area contributed by atoms with Crippen LogP contribution in [0, 0.1) is 10.1 Å². The molecule has 2 unspecified atom stereocenters. The Bertz CT molecular complexity index is 907. The summed E-state index contributed by atoms with van der Waals surface area (Å²) >= 11 is 0. The van der Waals surface area contributed by atoms with Crippen molar-refractivity contribution in [1.29, 1.82) is 0 Å². The molecule has 1 aromatic carbocycles. The number of benzene rings is 1. The SMILES string of the molecule is CC1(C)OCC(C2OC(=O)C(O)=C2OCc2cc(N3CCCCC3)ccc2[N+](=O)[O-])O1. The van der Waals surface area contributed by atoms with Crippen molar-refractivity contribution in [3.63, 3.8) is 0 Å². The minimum atomic E-state index is -0.987. The molecule has 3 heterocycles. The Morgan fingerprint density at radius 2 is 2.03 bits per heavy atom. The first kappa shape index (κ1) is 21.4. The molecule has 3 aliphatic heterocycles. The van der Waals surface area contributed by atoms with Gasteiger partial charge in [-0.15, -0.1) is 0 Å². The summed E-state index contributed by atoms with van der Waals surface area (Å²) in [6.07, 6.45) is 1.67. The molecule has 2 atom stereocenters. The van der Waals surface area contributed by atoms with Crippen LogP contribution in [0.2, 0.25) is 0 Å². The van der Waals surface area contributed by atoms with Gasteiger partial charge in [0.2, 0.25) is 5.76 Å². The van der Waals surface area contributed by atoms with E-state index >= 15 is 0 Å². The number of hydrogen-bond donors (Lipinski definition) is 1. The lowest BCUT2D eigenvalue weighted by molar-refractivity contribution is -0.385. The number of rotatable bonds is 6. The highest BCUT2D eigenvalue weighted by atomic mass is 16.8. The van der Waals surface area contributed by atoms with Gasteiger partial charge in [0.15, 0.2) is 17.7 Å². The van der Waals surface area contributed by atoms with Crippen LogP contribution in [0.15, 0.2) is 29.7 Å². The lowest BCUT2D eigenvalue weighted by Crippen LogP contribution is -2.33. The van der Waals surface area contributed by atoms with Crippen molar-refractivity contribution in [2.45, 2.75) is 57.7 Å². The van der Waals surface area contributed by atoms with Gasteiger partial charge in [-0.3, -0.25) is 10.1 Å². The molecule has 1 N–H and O–H groups in total. The third-order valence-corrected chi connectivity index (χ3v) is 5.65. The van der Waals surface area contributed by atoms with Crippen LogP contribution in [0.1, 0.15) is 38.7 Å². The fourth-order valence-corrected chi connectivity index (χ4v) is 4.09. The lowest BCUT2D eigenvalue weighted by Gasteiger charge is -2.29. The Morgan fingerprint density at radius 1 is 1.29 bits per heavy atom. The van der Waals surface area contributed by atoms with E-state index in [9.17, 15) is 20.0 Å². The summed E-state index contributed by atoms with van der Waals surface area (Å²) in [5, 5.41) is 21.7. The van der Waals surface area contributed by atoms with Crippen molar-refractivity contribution < 1.29 is 33.8 Å². The highest BCUT2D eigenvalue weighted by molar-refractivity contribution is 5.89. The number of esters is 1. The average Bonchev–Trinajstić information content (AvgIpc) is 3.25. The molecule has 2 saturated heterocycles. The number of hydrogen-bond acceptors (Lipinski definition) is 9. The number of cyclic esters (lactones) is 1. The van der Waals surface area contributed by atoms with Crippen LogP contribution in [0.5, 0.6) is 0 Å². The second-order valence-corrected chi connectivity index (χ2v) is 8.31. The third kappa shape index (κ3) is 4.45. The van der Waals surface area contributed by atoms with Crippen molar-refractivity contribution in [3.8, 4) is 0 Å². The van der Waals surface area contributed by atoms with E-state index in [0.29, 0.717) is 5.56 Å². The molecule has 10 heteroatoms. The van der Waals surface area contributed by atoms with Crippen molar-refractivity contribution in [1.82, 2.24) is 0 Å². The first-order chi connectivity index (χ1) is 14.7. The fraction of sp³-hybridized carbons (Fsp3) is 0.571. The minimum Gasteiger partial charge on any atom is -0.499 e. The largest absolute Gasteiger partial charge is 0.499 e. The number of nitro benzene ring substituents is 1. The number of aliphatic hydroxyl groups excluding tert-OH is 1. The Hall–Kier alpha value is -2.85. The molecule has 0 amide bonds. The van der Waals surface area contributed by atoms with Gasteiger partial charge >= 0.3 is 5.97 Å². The summed E-state index contributed by atoms with van der Waals surface area (Å²) in [6, 6.07) is 4.92. The molecule has 3 aliphatic rings. The van der Waals surface area contributed by atoms with Crippen LogP contribution in [-0.2, 0) is 30.3 Å². The predicted molar refractivity (Wildman–Crippen MR) is 108 cm³/mol. The quantitative estimate of drug-likeness (QED) is 0.409. The zero-order chi connectivity index (χ0) is 22.2. The van der Waals surface area contributed by atoms with E-state index in [1.807, 2.05) is 0 Å². The maximum Gasteiger partial charge on any atom is 0.378 e. The first-order valence-electron chi connectivity index (χ1n) is 10.4. The summed E-state index contributed by atoms with van der Waals surface area (Å²) < 4.78 is 22.2. The van der Waals surface area contributed by atoms with E-state index < -0.39 is 34.6 Å². The van der Waals surface area contributed by atoms with Gasteiger partial charge in [0.1, 0.15) is 12.7 Å². The molecule has 1 aromatic rings. The van der Waals surface area contributed by atoms with Crippen LogP contribution < -0.4 is 4.90 Å². The third-order valence-electron chi connectivity index (χ3n) is 5.65. The van der Waals surface area contributed by atoms with E-state index in [2.05, 4.69) is 4.90 Å². The van der Waals surface area contributed by atoms with Gasteiger partial charge in [0.05, 0.1) is 17.1 Å². The van der Waals surface area contributed by atoms with Crippen LogP contribution in [-0.4, -0.2) is 53.7 Å². The molecule has 31 heavy (non-hydrogen) atoms. The highest BCUT2D eigenvalue weighted by Crippen LogP contribution is 2.34. The maximum absolute atomic E-state index is 11.9. The zero-order valence-corrected chi connectivity index (χ0v) is 17.5. The van der Waals surface area contributed by atoms with Crippen LogP contribution in [0.3, 0.4) is 0 Å². The Kier molecular flexibility index (Phi) is 5.76. The molecular weight excluding hydrogens is 408 g/mol. The van der Waals surface area contributed by atoms with E-state index in [1.165, 1.54) is 12.5 Å². The summed E-state index contributed by atoms with van der Waals surface area (Å²) in [7, 11) is 0. The molecule has 0 bridgehead atoms. The molecule has 10 nitrogen and oxygen atoms in total. The maximum atomic E-state index is 11.9. The summed E-state index contributed by atoms with van der Waals surface area (Å²) in [5.74, 6) is -2.55. The minimum absolute atomic E-state index is 0.0933. The molecule has 0 radical (unpaired) electrons. The number of carbonyl (C=O) groups excluding carboxylic acids is 1. The van der Waals surface area contributed by atoms with E-state index in [0.717, 1.165) is 31.6 Å². The number of aliphatic hydroxyl groups is 1. The number of anilines is 1. The first-order valence-corrected chi connectivity index (χ1v) is 10.4. The fourth-order valence-electron chi connectivity index (χ4n) is 4.09. The normalized spacial score (nSPS) is 25.6. The summed E-state index contributed by atoms with van der Waals surface area (Å²) in [6.45, 7) is 5.18. The Labute approximate surface area is 179 Å². The standard InChI is InChI=1S/C21H26N2O8/c1-21(2)29-12-16(31-21)18-19(17(24)20(25)30-18)28-11-13-10-14(6-7-15(13)23(26)27)22-8-4-3-5-9-22/h6-7,10,16,18,24H,3-5,8-9,11-12H2,1-2H3. The zero-order valence-electron chi connectivity index (χ0n) is 17.5. The molecule has 0 saturated carbocycles. The summed E-state index contributed by atoms with van der Waals surface area (Å²) in [5.41, 5.74) is 1.13. The van der Waals surface area contributed by atoms with Gasteiger partial charge in [0.25, 0.3) is 5.69 Å². The van der Waals surface area contributed by atoms with E-state index in [1.54, 1.807) is 26.0 Å². The van der Waals surface area contributed by atoms with Gasteiger partial charge in [-0.25, -0.2) is 4.79 Å². The topological polar surface area (TPSA) is 121 Å². The molecule has 0 spiro atoms. The van der Waals surface area contributed by atoms with Crippen molar-refractivity contribution >= 4 is 17.3 Å². The van der Waals surface area contributed by atoms with E-state index in [-0.39, 0.29) is 24.7 Å². The number of ether oxygens (including phenoxy) is 4. The number of carbonyl (C=O) groups is 1. The van der Waals surface area contributed by atoms with Gasteiger partial charge in [-0.2, -0.15) is 0 Å². The number of nitrogens with zero attached hydrogens (tertiary/aromatic N) is 2. The highest BCUT2D eigenvalue weighted by Gasteiger charge is 2.47. The Balaban J connectivity index is 1.55. The molecule has 0 aromatic heterocycles. The van der Waals surface area contributed by atoms with Crippen LogP contribution in [0.25, 0.3) is 0 Å². The molecule has 168 valence electrons. The molecule has 0 aliphatic carbocycles. The van der Waals surface area contributed by atoms with Crippen LogP contribution in [0.4, 0.5) is 11.4 Å². The van der Waals surface area contributed by atoms with Gasteiger partial charge in [-0.1, -0.05) is 0 Å². The average molecular weight is 434 g/mol. The van der Waals surface area contributed by atoms with Crippen molar-refractivity contribution in [2.75, 3.05) is 24.6 Å². The second-order valence-electron chi connectivity index (χ2n) is 8.31. The van der Waals surface area contributed by atoms with Crippen molar-refractivity contribution in [3.05, 3.63) is 45.4 Å². The van der Waals surface area contributed by atoms with Gasteiger partial charge < -0.3 is 29.0 Å². The predicted octanol–water partition coefficient (Wildman–Crippen LogP) is 2.95. The monoisotopic (exact) mass is 434 g/mol. The molecule has 2 fully saturated rings. The molecule has 4 rings (SSSR count). The summed E-state index contributed by atoms with van der Waals surface area (Å²) in [4.78, 5) is 25.2. The van der Waals surface area contributed by atoms with Gasteiger partial charge in [0, 0.05) is 24.8 Å². The van der Waals surface area contributed by atoms with Gasteiger partial charge in [-0.05, 0) is 45.2 Å². The second kappa shape index (κ2) is 8.35. The Morgan fingerprint density at radius 3 is 2.68 bits per heavy atom. The lowest BCUT2D eigenvalue weighted by atomic mass is 10.1. The van der Waals surface area contributed by atoms with Crippen molar-refractivity contribution in [2.24, 2.45) is 0 Å². The number of nitro groups is 1. The van der Waals surface area contributed by atoms with Crippen LogP contribution >= 0.6 is 0 Å². The van der Waals surface area contributed by atoms with E-state index in [4.69, 9.17) is 18.9 Å². The molecular formula is C21H26N2O8. The number of piperidine rings is 1.